The molecule has 0 spiro atoms. The molecule has 35 heavy (non-hydrogen) atoms. The summed E-state index contributed by atoms with van der Waals surface area (Å²) in [5.41, 5.74) is 2.31. The summed E-state index contributed by atoms with van der Waals surface area (Å²) < 4.78 is 26.4. The number of carbonyl (C=O) groups excluding carboxylic acids is 3. The highest BCUT2D eigenvalue weighted by Crippen LogP contribution is 2.36. The number of rotatable bonds is 11. The van der Waals surface area contributed by atoms with Crippen LogP contribution in [-0.4, -0.2) is 44.5 Å². The number of carbonyl (C=O) groups is 3. The molecule has 1 atom stereocenters. The first-order valence-electron chi connectivity index (χ1n) is 11.0. The maximum atomic E-state index is 11.8. The van der Waals surface area contributed by atoms with Crippen molar-refractivity contribution in [2.24, 2.45) is 0 Å². The second kappa shape index (κ2) is 11.5. The van der Waals surface area contributed by atoms with Crippen LogP contribution in [-0.2, 0) is 34.1 Å². The van der Waals surface area contributed by atoms with Crippen LogP contribution in [0.25, 0.3) is 11.1 Å². The highest BCUT2D eigenvalue weighted by Gasteiger charge is 2.43. The van der Waals surface area contributed by atoms with Crippen LogP contribution < -0.4 is 4.74 Å². The van der Waals surface area contributed by atoms with Crippen LogP contribution in [0, 0.1) is 0 Å². The van der Waals surface area contributed by atoms with Crippen molar-refractivity contribution < 1.29 is 38.1 Å². The Bertz CT molecular complexity index is 1100. The number of cyclic esters (lactones) is 2. The first kappa shape index (κ1) is 25.7. The van der Waals surface area contributed by atoms with E-state index in [0.717, 1.165) is 16.7 Å². The van der Waals surface area contributed by atoms with Crippen molar-refractivity contribution in [3.63, 3.8) is 0 Å². The van der Waals surface area contributed by atoms with Gasteiger partial charge in [-0.15, -0.1) is 0 Å². The van der Waals surface area contributed by atoms with E-state index in [9.17, 15) is 14.4 Å². The molecule has 1 unspecified atom stereocenters. The van der Waals surface area contributed by atoms with Gasteiger partial charge in [-0.1, -0.05) is 49.6 Å². The molecule has 8 heteroatoms. The maximum Gasteiger partial charge on any atom is 0.509 e. The lowest BCUT2D eigenvalue weighted by Crippen LogP contribution is -2.31. The van der Waals surface area contributed by atoms with Gasteiger partial charge in [0.1, 0.15) is 19.0 Å². The molecule has 3 rings (SSSR count). The van der Waals surface area contributed by atoms with Gasteiger partial charge < -0.3 is 23.7 Å². The molecule has 0 aliphatic carbocycles. The van der Waals surface area contributed by atoms with Crippen LogP contribution >= 0.6 is 0 Å². The van der Waals surface area contributed by atoms with Crippen molar-refractivity contribution in [2.45, 2.75) is 25.9 Å². The van der Waals surface area contributed by atoms with Crippen molar-refractivity contribution in [2.75, 3.05) is 26.4 Å². The van der Waals surface area contributed by atoms with Crippen LogP contribution in [0.4, 0.5) is 4.79 Å². The molecule has 2 aromatic carbocycles. The lowest BCUT2D eigenvalue weighted by atomic mass is 9.90. The molecule has 184 valence electrons. The van der Waals surface area contributed by atoms with Gasteiger partial charge >= 0.3 is 18.1 Å². The Hall–Kier alpha value is -3.91. The molecule has 8 nitrogen and oxygen atoms in total. The summed E-state index contributed by atoms with van der Waals surface area (Å²) in [7, 11) is 0. The number of hydrogen-bond donors (Lipinski definition) is 0. The zero-order chi connectivity index (χ0) is 25.4. The van der Waals surface area contributed by atoms with Crippen LogP contribution in [0.3, 0.4) is 0 Å². The van der Waals surface area contributed by atoms with Gasteiger partial charge in [-0.05, 0) is 42.7 Å². The average Bonchev–Trinajstić information content (AvgIpc) is 3.23. The zero-order valence-electron chi connectivity index (χ0n) is 19.8. The van der Waals surface area contributed by atoms with E-state index < -0.39 is 23.7 Å². The van der Waals surface area contributed by atoms with E-state index in [-0.39, 0.29) is 26.4 Å². The molecule has 0 bridgehead atoms. The van der Waals surface area contributed by atoms with Crippen LogP contribution in [0.5, 0.6) is 5.75 Å². The highest BCUT2D eigenvalue weighted by atomic mass is 16.8. The fourth-order valence-electron chi connectivity index (χ4n) is 3.34. The topological polar surface area (TPSA) is 97.4 Å². The van der Waals surface area contributed by atoms with E-state index in [0.29, 0.717) is 23.3 Å². The predicted molar refractivity (Wildman–Crippen MR) is 128 cm³/mol. The Morgan fingerprint density at radius 1 is 0.886 bits per heavy atom. The Morgan fingerprint density at radius 3 is 2.03 bits per heavy atom. The third-order valence-corrected chi connectivity index (χ3v) is 5.32. The molecule has 1 heterocycles. The molecule has 0 aromatic heterocycles. The van der Waals surface area contributed by atoms with Gasteiger partial charge in [-0.25, -0.2) is 14.4 Å². The van der Waals surface area contributed by atoms with Crippen molar-refractivity contribution in [1.29, 1.82) is 0 Å². The van der Waals surface area contributed by atoms with Crippen LogP contribution in [0.1, 0.15) is 25.8 Å². The molecule has 0 saturated carbocycles. The summed E-state index contributed by atoms with van der Waals surface area (Å²) in [6.45, 7) is 10.9. The molecule has 0 radical (unpaired) electrons. The molecule has 0 N–H and O–H groups in total. The van der Waals surface area contributed by atoms with Crippen molar-refractivity contribution >= 4 is 18.1 Å². The third kappa shape index (κ3) is 6.80. The van der Waals surface area contributed by atoms with Gasteiger partial charge in [-0.2, -0.15) is 0 Å². The second-order valence-electron chi connectivity index (χ2n) is 8.19. The molecule has 1 saturated heterocycles. The van der Waals surface area contributed by atoms with Crippen LogP contribution in [0.2, 0.25) is 0 Å². The van der Waals surface area contributed by atoms with Gasteiger partial charge in [0.2, 0.25) is 0 Å². The van der Waals surface area contributed by atoms with E-state index in [4.69, 9.17) is 23.7 Å². The Labute approximate surface area is 204 Å². The Morgan fingerprint density at radius 2 is 1.49 bits per heavy atom. The van der Waals surface area contributed by atoms with E-state index in [1.165, 1.54) is 0 Å². The van der Waals surface area contributed by atoms with Crippen molar-refractivity contribution in [1.82, 2.24) is 0 Å². The molecule has 1 aliphatic heterocycles. The summed E-state index contributed by atoms with van der Waals surface area (Å²) in [4.78, 5) is 34.8. The lowest BCUT2D eigenvalue weighted by molar-refractivity contribution is -0.140. The number of benzene rings is 2. The van der Waals surface area contributed by atoms with E-state index in [1.807, 2.05) is 36.4 Å². The molecular formula is C27H28O8. The quantitative estimate of drug-likeness (QED) is 0.197. The minimum absolute atomic E-state index is 0.0714. The predicted octanol–water partition coefficient (Wildman–Crippen LogP) is 4.72. The summed E-state index contributed by atoms with van der Waals surface area (Å²) in [5, 5.41) is 0. The minimum atomic E-state index is -0.968. The monoisotopic (exact) mass is 480 g/mol. The van der Waals surface area contributed by atoms with E-state index in [1.54, 1.807) is 26.0 Å². The van der Waals surface area contributed by atoms with E-state index in [2.05, 4.69) is 13.2 Å². The molecule has 0 amide bonds. The SMILES string of the molecule is C=C(C)C(=O)OCCOCCC1(c2ccc(-c3ccc(OC(=O)C(=C)C)cc3)cc2)COC(=O)O1. The second-order valence-corrected chi connectivity index (χ2v) is 8.19. The van der Waals surface area contributed by atoms with Gasteiger partial charge in [0.15, 0.2) is 5.60 Å². The number of ether oxygens (including phenoxy) is 5. The fraction of sp³-hybridized carbons (Fsp3) is 0.296. The molecule has 1 fully saturated rings. The molecule has 2 aromatic rings. The maximum absolute atomic E-state index is 11.8. The smallest absolute Gasteiger partial charge is 0.460 e. The van der Waals surface area contributed by atoms with Crippen molar-refractivity contribution in [3.05, 3.63) is 78.4 Å². The summed E-state index contributed by atoms with van der Waals surface area (Å²) in [6.07, 6.45) is -0.362. The van der Waals surface area contributed by atoms with Crippen LogP contribution in [0.15, 0.2) is 72.8 Å². The summed E-state index contributed by atoms with van der Waals surface area (Å²) in [6, 6.07) is 14.7. The van der Waals surface area contributed by atoms with Crippen molar-refractivity contribution in [3.8, 4) is 16.9 Å². The zero-order valence-corrected chi connectivity index (χ0v) is 19.8. The van der Waals surface area contributed by atoms with Gasteiger partial charge in [-0.3, -0.25) is 0 Å². The number of esters is 2. The summed E-state index contributed by atoms with van der Waals surface area (Å²) >= 11 is 0. The third-order valence-electron chi connectivity index (χ3n) is 5.32. The average molecular weight is 481 g/mol. The molecular weight excluding hydrogens is 452 g/mol. The standard InChI is InChI=1S/C27H28O8/c1-18(2)24(28)32-16-15-31-14-13-27(17-33-26(30)35-27)22-9-5-20(6-10-22)21-7-11-23(12-8-21)34-25(29)19(3)4/h5-12H,1,3,13-17H2,2,4H3. The minimum Gasteiger partial charge on any atom is -0.460 e. The van der Waals surface area contributed by atoms with Gasteiger partial charge in [0, 0.05) is 17.6 Å². The normalized spacial score (nSPS) is 16.7. The van der Waals surface area contributed by atoms with E-state index >= 15 is 0 Å². The summed E-state index contributed by atoms with van der Waals surface area (Å²) in [5.74, 6) is -0.509. The Balaban J connectivity index is 1.61. The fourth-order valence-corrected chi connectivity index (χ4v) is 3.34. The largest absolute Gasteiger partial charge is 0.509 e. The van der Waals surface area contributed by atoms with Gasteiger partial charge in [0.25, 0.3) is 0 Å². The first-order chi connectivity index (χ1) is 16.7. The Kier molecular flexibility index (Phi) is 8.43. The molecule has 1 aliphatic rings. The highest BCUT2D eigenvalue weighted by molar-refractivity contribution is 5.88. The first-order valence-corrected chi connectivity index (χ1v) is 11.0. The van der Waals surface area contributed by atoms with Gasteiger partial charge in [0.05, 0.1) is 13.2 Å². The lowest BCUT2D eigenvalue weighted by Gasteiger charge is -2.25. The number of hydrogen-bond acceptors (Lipinski definition) is 8.